The Labute approximate surface area is 192 Å². The molecule has 3 rings (SSSR count). The number of nitrogens with zero attached hydrogens (tertiary/aromatic N) is 2. The van der Waals surface area contributed by atoms with Gasteiger partial charge in [0, 0.05) is 12.1 Å². The van der Waals surface area contributed by atoms with Crippen LogP contribution in [0, 0.1) is 23.1 Å². The first-order chi connectivity index (χ1) is 15.7. The fourth-order valence-corrected chi connectivity index (χ4v) is 3.46. The molecule has 0 bridgehead atoms. The highest BCUT2D eigenvalue weighted by Crippen LogP contribution is 2.32. The summed E-state index contributed by atoms with van der Waals surface area (Å²) < 4.78 is 24.3. The molecule has 0 fully saturated rings. The first-order valence-electron chi connectivity index (χ1n) is 10.5. The summed E-state index contributed by atoms with van der Waals surface area (Å²) in [7, 11) is 1.50. The van der Waals surface area contributed by atoms with E-state index in [2.05, 4.69) is 0 Å². The van der Waals surface area contributed by atoms with Gasteiger partial charge < -0.3 is 9.47 Å². The van der Waals surface area contributed by atoms with E-state index in [1.54, 1.807) is 43.3 Å². The molecule has 2 aromatic carbocycles. The fourth-order valence-electron chi connectivity index (χ4n) is 3.46. The number of hydrogen-bond acceptors (Lipinski definition) is 5. The summed E-state index contributed by atoms with van der Waals surface area (Å²) in [6.45, 7) is 5.86. The highest BCUT2D eigenvalue weighted by molar-refractivity contribution is 6.19. The molecule has 0 N–H and O–H groups in total. The summed E-state index contributed by atoms with van der Waals surface area (Å²) in [4.78, 5) is 26.8. The zero-order chi connectivity index (χ0) is 24.1. The van der Waals surface area contributed by atoms with Crippen LogP contribution < -0.4 is 9.47 Å². The Morgan fingerprint density at radius 3 is 2.39 bits per heavy atom. The number of halogens is 1. The molecule has 0 unspecified atom stereocenters. The van der Waals surface area contributed by atoms with Gasteiger partial charge >= 0.3 is 0 Å². The maximum atomic E-state index is 13.1. The van der Waals surface area contributed by atoms with Gasteiger partial charge in [0.05, 0.1) is 7.11 Å². The first-order valence-corrected chi connectivity index (χ1v) is 10.5. The van der Waals surface area contributed by atoms with Crippen LogP contribution in [-0.2, 0) is 16.2 Å². The molecule has 33 heavy (non-hydrogen) atoms. The topological polar surface area (TPSA) is 79.6 Å². The molecule has 0 atom stereocenters. The molecule has 6 nitrogen and oxygen atoms in total. The number of rotatable bonds is 7. The number of amides is 2. The molecule has 0 saturated heterocycles. The van der Waals surface area contributed by atoms with E-state index >= 15 is 0 Å². The molecule has 170 valence electrons. The highest BCUT2D eigenvalue weighted by atomic mass is 19.1. The number of ether oxygens (including phenoxy) is 2. The lowest BCUT2D eigenvalue weighted by Gasteiger charge is -2.28. The Morgan fingerprint density at radius 1 is 1.09 bits per heavy atom. The molecule has 0 saturated carbocycles. The van der Waals surface area contributed by atoms with E-state index in [0.29, 0.717) is 22.6 Å². The van der Waals surface area contributed by atoms with Crippen molar-refractivity contribution in [2.24, 2.45) is 5.92 Å². The lowest BCUT2D eigenvalue weighted by atomic mass is 9.93. The van der Waals surface area contributed by atoms with Crippen molar-refractivity contribution in [2.45, 2.75) is 27.4 Å². The van der Waals surface area contributed by atoms with Crippen LogP contribution in [0.4, 0.5) is 4.39 Å². The number of carbonyl (C=O) groups excluding carboxylic acids is 2. The van der Waals surface area contributed by atoms with Crippen molar-refractivity contribution in [1.82, 2.24) is 4.90 Å². The Morgan fingerprint density at radius 2 is 1.79 bits per heavy atom. The second-order valence-corrected chi connectivity index (χ2v) is 8.11. The van der Waals surface area contributed by atoms with Crippen LogP contribution in [-0.4, -0.2) is 30.4 Å². The van der Waals surface area contributed by atoms with E-state index in [1.165, 1.54) is 19.2 Å². The van der Waals surface area contributed by atoms with Gasteiger partial charge in [-0.15, -0.1) is 0 Å². The van der Waals surface area contributed by atoms with Crippen molar-refractivity contribution < 1.29 is 23.5 Å². The summed E-state index contributed by atoms with van der Waals surface area (Å²) >= 11 is 0. The maximum Gasteiger partial charge on any atom is 0.271 e. The molecular weight excluding hydrogens is 423 g/mol. The van der Waals surface area contributed by atoms with Gasteiger partial charge in [0.1, 0.15) is 24.1 Å². The zero-order valence-electron chi connectivity index (χ0n) is 19.0. The van der Waals surface area contributed by atoms with Gasteiger partial charge in [-0.1, -0.05) is 32.0 Å². The lowest BCUT2D eigenvalue weighted by molar-refractivity contribution is -0.141. The van der Waals surface area contributed by atoms with E-state index in [9.17, 15) is 19.2 Å². The van der Waals surface area contributed by atoms with Crippen molar-refractivity contribution in [3.8, 4) is 17.6 Å². The van der Waals surface area contributed by atoms with Gasteiger partial charge in [0.2, 0.25) is 0 Å². The van der Waals surface area contributed by atoms with Crippen molar-refractivity contribution in [1.29, 1.82) is 5.26 Å². The van der Waals surface area contributed by atoms with Crippen molar-refractivity contribution in [2.75, 3.05) is 13.7 Å². The largest absolute Gasteiger partial charge is 0.493 e. The van der Waals surface area contributed by atoms with Gasteiger partial charge in [-0.25, -0.2) is 4.39 Å². The van der Waals surface area contributed by atoms with Crippen LogP contribution in [0.25, 0.3) is 6.08 Å². The van der Waals surface area contributed by atoms with Gasteiger partial charge in [-0.05, 0) is 59.9 Å². The quantitative estimate of drug-likeness (QED) is 0.455. The molecule has 7 heteroatoms. The second kappa shape index (κ2) is 10.1. The molecule has 1 aliphatic rings. The van der Waals surface area contributed by atoms with Gasteiger partial charge in [0.25, 0.3) is 11.8 Å². The Hall–Kier alpha value is -3.92. The van der Waals surface area contributed by atoms with Crippen molar-refractivity contribution in [3.63, 3.8) is 0 Å². The number of methoxy groups -OCH3 is 1. The van der Waals surface area contributed by atoms with Crippen LogP contribution in [0.1, 0.15) is 31.9 Å². The van der Waals surface area contributed by atoms with Gasteiger partial charge in [0.15, 0.2) is 11.5 Å². The number of carbonyl (C=O) groups is 2. The smallest absolute Gasteiger partial charge is 0.271 e. The van der Waals surface area contributed by atoms with Gasteiger partial charge in [-0.2, -0.15) is 5.26 Å². The van der Waals surface area contributed by atoms with Crippen LogP contribution in [0.2, 0.25) is 0 Å². The predicted molar refractivity (Wildman–Crippen MR) is 122 cm³/mol. The molecule has 1 heterocycles. The summed E-state index contributed by atoms with van der Waals surface area (Å²) in [5, 5.41) is 9.49. The van der Waals surface area contributed by atoms with E-state index in [4.69, 9.17) is 9.47 Å². The third kappa shape index (κ3) is 5.29. The Balaban J connectivity index is 1.91. The lowest BCUT2D eigenvalue weighted by Crippen LogP contribution is -2.44. The van der Waals surface area contributed by atoms with Gasteiger partial charge in [-0.3, -0.25) is 14.5 Å². The molecule has 2 amide bonds. The summed E-state index contributed by atoms with van der Waals surface area (Å²) in [6, 6.07) is 13.1. The number of hydrogen-bond donors (Lipinski definition) is 0. The van der Waals surface area contributed by atoms with Crippen molar-refractivity contribution in [3.05, 3.63) is 76.1 Å². The Kier molecular flexibility index (Phi) is 7.29. The average Bonchev–Trinajstić information content (AvgIpc) is 2.79. The minimum absolute atomic E-state index is 0.0345. The summed E-state index contributed by atoms with van der Waals surface area (Å²) in [5.74, 6) is -0.306. The third-order valence-corrected chi connectivity index (χ3v) is 5.18. The normalized spacial score (nSPS) is 15.3. The van der Waals surface area contributed by atoms with Crippen LogP contribution >= 0.6 is 0 Å². The molecule has 0 radical (unpaired) electrons. The molecule has 0 aliphatic carbocycles. The van der Waals surface area contributed by atoms with E-state index in [0.717, 1.165) is 10.5 Å². The monoisotopic (exact) mass is 448 g/mol. The third-order valence-electron chi connectivity index (χ3n) is 5.18. The van der Waals surface area contributed by atoms with Crippen LogP contribution in [0.5, 0.6) is 11.5 Å². The summed E-state index contributed by atoms with van der Waals surface area (Å²) in [5.41, 5.74) is 2.06. The zero-order valence-corrected chi connectivity index (χ0v) is 19.0. The minimum Gasteiger partial charge on any atom is -0.493 e. The van der Waals surface area contributed by atoms with E-state index in [1.807, 2.05) is 19.9 Å². The molecule has 0 aromatic heterocycles. The molecular formula is C26H25FN2O4. The molecule has 2 aromatic rings. The minimum atomic E-state index is -0.562. The van der Waals surface area contributed by atoms with Crippen molar-refractivity contribution >= 4 is 17.9 Å². The highest BCUT2D eigenvalue weighted by Gasteiger charge is 2.35. The predicted octanol–water partition coefficient (Wildman–Crippen LogP) is 4.66. The van der Waals surface area contributed by atoms with E-state index in [-0.39, 0.29) is 36.0 Å². The second-order valence-electron chi connectivity index (χ2n) is 8.11. The summed E-state index contributed by atoms with van der Waals surface area (Å²) in [6.07, 6.45) is 1.64. The molecule has 1 aliphatic heterocycles. The first kappa shape index (κ1) is 23.7. The van der Waals surface area contributed by atoms with Crippen LogP contribution in [0.15, 0.2) is 59.2 Å². The fraction of sp³-hybridized carbons (Fsp3) is 0.269. The maximum absolute atomic E-state index is 13.1. The molecule has 0 spiro atoms. The van der Waals surface area contributed by atoms with Crippen LogP contribution in [0.3, 0.4) is 0 Å². The number of imide groups is 1. The number of nitriles is 1. The standard InChI is InChI=1S/C26H25FN2O4/c1-16(2)14-29-25(30)21(17(3)22(13-28)26(29)31)11-19-7-10-23(24(12-19)32-4)33-15-18-5-8-20(27)9-6-18/h5-12,16H,14-15H2,1-4H3/b21-11+. The Bertz CT molecular complexity index is 1170. The van der Waals surface area contributed by atoms with E-state index < -0.39 is 11.8 Å². The number of benzene rings is 2. The SMILES string of the molecule is COc1cc(/C=C2/C(=O)N(CC(C)C)C(=O)C(C#N)=C2C)ccc1OCc1ccc(F)cc1. The average molecular weight is 448 g/mol.